The molecule has 2 heteroatoms. The molecular formula is C15H20N2. The lowest BCUT2D eigenvalue weighted by Gasteiger charge is -2.26. The minimum absolute atomic E-state index is 0.428. The zero-order valence-electron chi connectivity index (χ0n) is 10.4. The fourth-order valence-electron chi connectivity index (χ4n) is 3.15. The molecule has 1 aromatic heterocycles. The minimum Gasteiger partial charge on any atom is -0.361 e. The number of nitrogens with two attached hydrogens (primary N) is 1. The molecule has 1 saturated carbocycles. The lowest BCUT2D eigenvalue weighted by molar-refractivity contribution is 0.397. The van der Waals surface area contributed by atoms with Gasteiger partial charge in [-0.1, -0.05) is 12.1 Å². The molecule has 1 fully saturated rings. The fourth-order valence-corrected chi connectivity index (χ4v) is 3.15. The second-order valence-electron chi connectivity index (χ2n) is 5.35. The van der Waals surface area contributed by atoms with Gasteiger partial charge < -0.3 is 10.7 Å². The maximum absolute atomic E-state index is 5.99. The second-order valence-corrected chi connectivity index (χ2v) is 5.35. The Kier molecular flexibility index (Phi) is 2.67. The van der Waals surface area contributed by atoms with Crippen molar-refractivity contribution in [3.63, 3.8) is 0 Å². The first-order valence-electron chi connectivity index (χ1n) is 6.58. The third kappa shape index (κ3) is 1.87. The molecule has 1 aliphatic rings. The molecule has 1 heterocycles. The maximum Gasteiger partial charge on any atom is 0.0459 e. The van der Waals surface area contributed by atoms with Gasteiger partial charge in [0.05, 0.1) is 0 Å². The van der Waals surface area contributed by atoms with E-state index in [9.17, 15) is 0 Å². The summed E-state index contributed by atoms with van der Waals surface area (Å²) in [6.07, 6.45) is 7.02. The summed E-state index contributed by atoms with van der Waals surface area (Å²) in [7, 11) is 0. The van der Waals surface area contributed by atoms with Crippen LogP contribution in [0.5, 0.6) is 0 Å². The van der Waals surface area contributed by atoms with Gasteiger partial charge >= 0.3 is 0 Å². The highest BCUT2D eigenvalue weighted by Gasteiger charge is 2.22. The third-order valence-electron chi connectivity index (χ3n) is 4.16. The molecule has 90 valence electrons. The van der Waals surface area contributed by atoms with Crippen molar-refractivity contribution in [3.05, 3.63) is 35.5 Å². The molecular weight excluding hydrogens is 208 g/mol. The smallest absolute Gasteiger partial charge is 0.0459 e. The number of aromatic amines is 1. The third-order valence-corrected chi connectivity index (χ3v) is 4.16. The molecule has 3 N–H and O–H groups in total. The van der Waals surface area contributed by atoms with E-state index in [1.165, 1.54) is 47.7 Å². The molecule has 0 unspecified atom stereocenters. The molecule has 17 heavy (non-hydrogen) atoms. The molecule has 2 nitrogen and oxygen atoms in total. The maximum atomic E-state index is 5.99. The number of benzene rings is 1. The van der Waals surface area contributed by atoms with Crippen LogP contribution in [0, 0.1) is 6.92 Å². The Hall–Kier alpha value is -1.28. The Morgan fingerprint density at radius 2 is 1.94 bits per heavy atom. The summed E-state index contributed by atoms with van der Waals surface area (Å²) in [5.74, 6) is 0.699. The molecule has 2 aromatic rings. The van der Waals surface area contributed by atoms with Gasteiger partial charge in [-0.3, -0.25) is 0 Å². The van der Waals surface area contributed by atoms with Crippen molar-refractivity contribution in [1.29, 1.82) is 0 Å². The highest BCUT2D eigenvalue weighted by atomic mass is 14.7. The molecule has 0 saturated heterocycles. The number of H-pyrrole nitrogens is 1. The van der Waals surface area contributed by atoms with Crippen molar-refractivity contribution in [2.75, 3.05) is 0 Å². The van der Waals surface area contributed by atoms with Gasteiger partial charge in [-0.05, 0) is 55.7 Å². The summed E-state index contributed by atoms with van der Waals surface area (Å²) in [5, 5.41) is 1.44. The van der Waals surface area contributed by atoms with Crippen LogP contribution in [0.1, 0.15) is 42.7 Å². The first-order chi connectivity index (χ1) is 8.25. The van der Waals surface area contributed by atoms with E-state index >= 15 is 0 Å². The van der Waals surface area contributed by atoms with E-state index in [-0.39, 0.29) is 0 Å². The monoisotopic (exact) mass is 228 g/mol. The van der Waals surface area contributed by atoms with Crippen molar-refractivity contribution < 1.29 is 0 Å². The van der Waals surface area contributed by atoms with Crippen LogP contribution in [0.15, 0.2) is 24.4 Å². The number of aromatic nitrogens is 1. The molecule has 0 aliphatic heterocycles. The van der Waals surface area contributed by atoms with Crippen molar-refractivity contribution in [2.45, 2.75) is 44.6 Å². The number of rotatable bonds is 1. The van der Waals surface area contributed by atoms with Crippen molar-refractivity contribution >= 4 is 10.9 Å². The van der Waals surface area contributed by atoms with Crippen LogP contribution in [-0.2, 0) is 0 Å². The van der Waals surface area contributed by atoms with Crippen molar-refractivity contribution in [2.24, 2.45) is 5.73 Å². The minimum atomic E-state index is 0.428. The Bertz CT molecular complexity index is 519. The normalized spacial score (nSPS) is 25.3. The highest BCUT2D eigenvalue weighted by Crippen LogP contribution is 2.37. The SMILES string of the molecule is Cc1cccc2[nH]cc(C3CCC(N)CC3)c12. The standard InChI is InChI=1S/C15H20N2/c1-10-3-2-4-14-15(10)13(9-17-14)11-5-7-12(16)8-6-11/h2-4,9,11-12,17H,5-8,16H2,1H3. The van der Waals surface area contributed by atoms with Gasteiger partial charge in [0.25, 0.3) is 0 Å². The van der Waals surface area contributed by atoms with E-state index in [1.54, 1.807) is 0 Å². The topological polar surface area (TPSA) is 41.8 Å². The Balaban J connectivity index is 2.00. The number of hydrogen-bond donors (Lipinski definition) is 2. The van der Waals surface area contributed by atoms with E-state index in [4.69, 9.17) is 5.73 Å². The van der Waals surface area contributed by atoms with Crippen molar-refractivity contribution in [1.82, 2.24) is 4.98 Å². The van der Waals surface area contributed by atoms with Gasteiger partial charge in [-0.25, -0.2) is 0 Å². The summed E-state index contributed by atoms with van der Waals surface area (Å²) in [6, 6.07) is 6.92. The number of aryl methyl sites for hydroxylation is 1. The van der Waals surface area contributed by atoms with Crippen LogP contribution in [0.25, 0.3) is 10.9 Å². The molecule has 0 bridgehead atoms. The largest absolute Gasteiger partial charge is 0.361 e. The van der Waals surface area contributed by atoms with E-state index in [2.05, 4.69) is 36.3 Å². The fraction of sp³-hybridized carbons (Fsp3) is 0.467. The molecule has 0 spiro atoms. The second kappa shape index (κ2) is 4.19. The molecule has 0 amide bonds. The molecule has 3 rings (SSSR count). The molecule has 0 atom stereocenters. The zero-order valence-corrected chi connectivity index (χ0v) is 10.4. The van der Waals surface area contributed by atoms with Crippen LogP contribution < -0.4 is 5.73 Å². The Labute approximate surface area is 102 Å². The predicted molar refractivity (Wildman–Crippen MR) is 72.2 cm³/mol. The summed E-state index contributed by atoms with van der Waals surface area (Å²) >= 11 is 0. The van der Waals surface area contributed by atoms with Crippen LogP contribution in [0.2, 0.25) is 0 Å². The molecule has 1 aromatic carbocycles. The van der Waals surface area contributed by atoms with Gasteiger partial charge in [-0.2, -0.15) is 0 Å². The lowest BCUT2D eigenvalue weighted by atomic mass is 9.81. The first-order valence-corrected chi connectivity index (χ1v) is 6.58. The van der Waals surface area contributed by atoms with Gasteiger partial charge in [-0.15, -0.1) is 0 Å². The average Bonchev–Trinajstić information content (AvgIpc) is 2.75. The molecule has 1 aliphatic carbocycles. The van der Waals surface area contributed by atoms with E-state index in [0.717, 1.165) is 0 Å². The Morgan fingerprint density at radius 3 is 2.71 bits per heavy atom. The average molecular weight is 228 g/mol. The van der Waals surface area contributed by atoms with Crippen LogP contribution in [-0.4, -0.2) is 11.0 Å². The quantitative estimate of drug-likeness (QED) is 0.771. The van der Waals surface area contributed by atoms with Gasteiger partial charge in [0.2, 0.25) is 0 Å². The molecule has 0 radical (unpaired) electrons. The van der Waals surface area contributed by atoms with E-state index in [1.807, 2.05) is 0 Å². The summed E-state index contributed by atoms with van der Waals surface area (Å²) in [5.41, 5.74) is 10.1. The van der Waals surface area contributed by atoms with E-state index < -0.39 is 0 Å². The predicted octanol–water partition coefficient (Wildman–Crippen LogP) is 3.46. The van der Waals surface area contributed by atoms with E-state index in [0.29, 0.717) is 12.0 Å². The zero-order chi connectivity index (χ0) is 11.8. The Morgan fingerprint density at radius 1 is 1.18 bits per heavy atom. The first kappa shape index (κ1) is 10.8. The summed E-state index contributed by atoms with van der Waals surface area (Å²) in [4.78, 5) is 3.41. The van der Waals surface area contributed by atoms with Crippen LogP contribution in [0.3, 0.4) is 0 Å². The van der Waals surface area contributed by atoms with Gasteiger partial charge in [0.15, 0.2) is 0 Å². The number of nitrogens with one attached hydrogen (secondary N) is 1. The number of hydrogen-bond acceptors (Lipinski definition) is 1. The summed E-state index contributed by atoms with van der Waals surface area (Å²) < 4.78 is 0. The lowest BCUT2D eigenvalue weighted by Crippen LogP contribution is -2.25. The summed E-state index contributed by atoms with van der Waals surface area (Å²) in [6.45, 7) is 2.20. The number of fused-ring (bicyclic) bond motifs is 1. The highest BCUT2D eigenvalue weighted by molar-refractivity contribution is 5.86. The van der Waals surface area contributed by atoms with Crippen LogP contribution in [0.4, 0.5) is 0 Å². The van der Waals surface area contributed by atoms with Gasteiger partial charge in [0.1, 0.15) is 0 Å². The van der Waals surface area contributed by atoms with Crippen LogP contribution >= 0.6 is 0 Å². The van der Waals surface area contributed by atoms with Crippen molar-refractivity contribution in [3.8, 4) is 0 Å². The van der Waals surface area contributed by atoms with Gasteiger partial charge in [0, 0.05) is 23.1 Å².